The second-order valence-electron chi connectivity index (χ2n) is 3.14. The van der Waals surface area contributed by atoms with E-state index in [1.165, 1.54) is 0 Å². The summed E-state index contributed by atoms with van der Waals surface area (Å²) >= 11 is 0. The van der Waals surface area contributed by atoms with Gasteiger partial charge in [-0.1, -0.05) is 6.07 Å². The van der Waals surface area contributed by atoms with E-state index in [4.69, 9.17) is 5.11 Å². The molecule has 1 fully saturated rings. The normalized spacial score (nSPS) is 16.6. The molecule has 0 aliphatic carbocycles. The van der Waals surface area contributed by atoms with Gasteiger partial charge in [0.15, 0.2) is 0 Å². The van der Waals surface area contributed by atoms with Gasteiger partial charge in [-0.15, -0.1) is 0 Å². The van der Waals surface area contributed by atoms with Gasteiger partial charge in [-0.25, -0.2) is 9.78 Å². The number of hydrogen-bond donors (Lipinski definition) is 2. The largest absolute Gasteiger partial charge is 0.477 e. The molecular formula is C9H10N2O2. The molecule has 0 unspecified atom stereocenters. The number of nitrogens with zero attached hydrogens (tertiary/aromatic N) is 1. The Morgan fingerprint density at radius 2 is 2.31 bits per heavy atom. The summed E-state index contributed by atoms with van der Waals surface area (Å²) in [5, 5.41) is 11.8. The van der Waals surface area contributed by atoms with Crippen LogP contribution in [0.2, 0.25) is 0 Å². The van der Waals surface area contributed by atoms with Crippen LogP contribution in [0.4, 0.5) is 0 Å². The van der Waals surface area contributed by atoms with Crippen molar-refractivity contribution in [1.29, 1.82) is 0 Å². The topological polar surface area (TPSA) is 62.2 Å². The minimum Gasteiger partial charge on any atom is -0.477 e. The first-order valence-electron chi connectivity index (χ1n) is 4.17. The molecule has 1 aromatic heterocycles. The van der Waals surface area contributed by atoms with E-state index in [1.807, 2.05) is 6.07 Å². The highest BCUT2D eigenvalue weighted by atomic mass is 16.4. The van der Waals surface area contributed by atoms with Gasteiger partial charge < -0.3 is 10.4 Å². The van der Waals surface area contributed by atoms with Gasteiger partial charge in [0.05, 0.1) is 0 Å². The van der Waals surface area contributed by atoms with Crippen LogP contribution < -0.4 is 5.32 Å². The molecule has 0 saturated carbocycles. The van der Waals surface area contributed by atoms with Crippen molar-refractivity contribution >= 4 is 5.97 Å². The molecule has 68 valence electrons. The van der Waals surface area contributed by atoms with Crippen molar-refractivity contribution in [1.82, 2.24) is 10.3 Å². The van der Waals surface area contributed by atoms with Gasteiger partial charge in [-0.2, -0.15) is 0 Å². The van der Waals surface area contributed by atoms with Crippen LogP contribution in [0.15, 0.2) is 18.3 Å². The molecule has 2 heterocycles. The van der Waals surface area contributed by atoms with Crippen molar-refractivity contribution in [2.45, 2.75) is 5.92 Å². The lowest BCUT2D eigenvalue weighted by Gasteiger charge is -2.27. The van der Waals surface area contributed by atoms with E-state index < -0.39 is 5.97 Å². The maximum atomic E-state index is 10.5. The van der Waals surface area contributed by atoms with E-state index in [0.29, 0.717) is 5.92 Å². The first-order valence-corrected chi connectivity index (χ1v) is 4.17. The average Bonchev–Trinajstić information content (AvgIpc) is 2.02. The number of hydrogen-bond acceptors (Lipinski definition) is 3. The molecule has 4 nitrogen and oxygen atoms in total. The lowest BCUT2D eigenvalue weighted by molar-refractivity contribution is 0.0690. The SMILES string of the molecule is O=C(O)c1ccc(C2CNC2)cn1. The summed E-state index contributed by atoms with van der Waals surface area (Å²) in [6.07, 6.45) is 1.65. The summed E-state index contributed by atoms with van der Waals surface area (Å²) in [6.45, 7) is 1.93. The Bertz CT molecular complexity index is 317. The maximum absolute atomic E-state index is 10.5. The molecule has 1 aromatic rings. The number of aromatic nitrogens is 1. The number of carboxylic acids is 1. The third kappa shape index (κ3) is 1.53. The van der Waals surface area contributed by atoms with Crippen LogP contribution in [0.3, 0.4) is 0 Å². The monoisotopic (exact) mass is 178 g/mol. The van der Waals surface area contributed by atoms with Gasteiger partial charge in [-0.3, -0.25) is 0 Å². The highest BCUT2D eigenvalue weighted by molar-refractivity contribution is 5.85. The Morgan fingerprint density at radius 3 is 2.69 bits per heavy atom. The molecule has 0 spiro atoms. The number of nitrogens with one attached hydrogen (secondary N) is 1. The molecule has 0 amide bonds. The third-order valence-corrected chi connectivity index (χ3v) is 2.26. The highest BCUT2D eigenvalue weighted by Crippen LogP contribution is 2.18. The number of rotatable bonds is 2. The Kier molecular flexibility index (Phi) is 1.98. The fourth-order valence-corrected chi connectivity index (χ4v) is 1.30. The van der Waals surface area contributed by atoms with Gasteiger partial charge >= 0.3 is 5.97 Å². The second-order valence-corrected chi connectivity index (χ2v) is 3.14. The fourth-order valence-electron chi connectivity index (χ4n) is 1.30. The van der Waals surface area contributed by atoms with Crippen LogP contribution in [-0.4, -0.2) is 29.1 Å². The zero-order valence-electron chi connectivity index (χ0n) is 7.03. The summed E-state index contributed by atoms with van der Waals surface area (Å²) in [7, 11) is 0. The summed E-state index contributed by atoms with van der Waals surface area (Å²) in [4.78, 5) is 14.3. The second kappa shape index (κ2) is 3.14. The van der Waals surface area contributed by atoms with E-state index in [-0.39, 0.29) is 5.69 Å². The molecule has 2 rings (SSSR count). The average molecular weight is 178 g/mol. The molecule has 1 aliphatic rings. The minimum absolute atomic E-state index is 0.107. The zero-order valence-corrected chi connectivity index (χ0v) is 7.03. The molecule has 0 radical (unpaired) electrons. The van der Waals surface area contributed by atoms with E-state index in [9.17, 15) is 4.79 Å². The van der Waals surface area contributed by atoms with Crippen molar-refractivity contribution in [3.8, 4) is 0 Å². The third-order valence-electron chi connectivity index (χ3n) is 2.26. The quantitative estimate of drug-likeness (QED) is 0.691. The van der Waals surface area contributed by atoms with Crippen LogP contribution in [0.1, 0.15) is 22.0 Å². The molecule has 0 atom stereocenters. The smallest absolute Gasteiger partial charge is 0.354 e. The van der Waals surface area contributed by atoms with Crippen molar-refractivity contribution in [3.63, 3.8) is 0 Å². The van der Waals surface area contributed by atoms with Gasteiger partial charge in [-0.05, 0) is 11.6 Å². The van der Waals surface area contributed by atoms with Crippen LogP contribution in [0.25, 0.3) is 0 Å². The standard InChI is InChI=1S/C9H10N2O2/c12-9(13)8-2-1-6(5-11-8)7-3-10-4-7/h1-2,5,7,10H,3-4H2,(H,12,13). The number of aromatic carboxylic acids is 1. The molecule has 13 heavy (non-hydrogen) atoms. The number of carbonyl (C=O) groups is 1. The Morgan fingerprint density at radius 1 is 1.54 bits per heavy atom. The maximum Gasteiger partial charge on any atom is 0.354 e. The minimum atomic E-state index is -0.974. The molecule has 2 N–H and O–H groups in total. The van der Waals surface area contributed by atoms with Crippen molar-refractivity contribution in [3.05, 3.63) is 29.6 Å². The van der Waals surface area contributed by atoms with E-state index in [2.05, 4.69) is 10.3 Å². The van der Waals surface area contributed by atoms with Gasteiger partial charge in [0, 0.05) is 25.2 Å². The van der Waals surface area contributed by atoms with Gasteiger partial charge in [0.25, 0.3) is 0 Å². The molecule has 1 saturated heterocycles. The molecule has 0 bridgehead atoms. The first-order chi connectivity index (χ1) is 6.27. The molecule has 4 heteroatoms. The summed E-state index contributed by atoms with van der Waals surface area (Å²) < 4.78 is 0. The van der Waals surface area contributed by atoms with E-state index >= 15 is 0 Å². The van der Waals surface area contributed by atoms with Crippen molar-refractivity contribution in [2.75, 3.05) is 13.1 Å². The molecule has 0 aromatic carbocycles. The summed E-state index contributed by atoms with van der Waals surface area (Å²) in [5.41, 5.74) is 1.22. The highest BCUT2D eigenvalue weighted by Gasteiger charge is 2.19. The molecule has 1 aliphatic heterocycles. The Hall–Kier alpha value is -1.42. The molecular weight excluding hydrogens is 168 g/mol. The lowest BCUT2D eigenvalue weighted by atomic mass is 9.95. The van der Waals surface area contributed by atoms with Crippen LogP contribution in [0, 0.1) is 0 Å². The zero-order chi connectivity index (χ0) is 9.26. The van der Waals surface area contributed by atoms with Gasteiger partial charge in [0.2, 0.25) is 0 Å². The fraction of sp³-hybridized carbons (Fsp3) is 0.333. The summed E-state index contributed by atoms with van der Waals surface area (Å²) in [6, 6.07) is 3.39. The predicted octanol–water partition coefficient (Wildman–Crippen LogP) is 0.467. The van der Waals surface area contributed by atoms with Crippen LogP contribution >= 0.6 is 0 Å². The number of carboxylic acid groups (broad SMARTS) is 1. The Balaban J connectivity index is 2.17. The van der Waals surface area contributed by atoms with Gasteiger partial charge in [0.1, 0.15) is 5.69 Å². The van der Waals surface area contributed by atoms with Crippen molar-refractivity contribution < 1.29 is 9.90 Å². The Labute approximate surface area is 75.6 Å². The number of pyridine rings is 1. The van der Waals surface area contributed by atoms with Crippen molar-refractivity contribution in [2.24, 2.45) is 0 Å². The summed E-state index contributed by atoms with van der Waals surface area (Å²) in [5.74, 6) is -0.464. The lowest BCUT2D eigenvalue weighted by Crippen LogP contribution is -2.39. The van der Waals surface area contributed by atoms with E-state index in [0.717, 1.165) is 18.7 Å². The first kappa shape index (κ1) is 8.19. The van der Waals surface area contributed by atoms with Crippen LogP contribution in [0.5, 0.6) is 0 Å². The predicted molar refractivity (Wildman–Crippen MR) is 46.8 cm³/mol. The van der Waals surface area contributed by atoms with Crippen LogP contribution in [-0.2, 0) is 0 Å². The van der Waals surface area contributed by atoms with E-state index in [1.54, 1.807) is 12.3 Å².